The number of benzene rings is 2. The Morgan fingerprint density at radius 1 is 1.21 bits per heavy atom. The molecule has 3 N–H and O–H groups in total. The van der Waals surface area contributed by atoms with Crippen LogP contribution in [0.25, 0.3) is 11.4 Å². The van der Waals surface area contributed by atoms with Gasteiger partial charge in [-0.25, -0.2) is 5.10 Å². The summed E-state index contributed by atoms with van der Waals surface area (Å²) < 4.78 is 1.60. The average Bonchev–Trinajstić information content (AvgIpc) is 2.90. The zero-order valence-corrected chi connectivity index (χ0v) is 14.3. The van der Waals surface area contributed by atoms with E-state index in [1.807, 2.05) is 0 Å². The topological polar surface area (TPSA) is 86.4 Å². The number of nitrogens with zero attached hydrogens (tertiary/aromatic N) is 3. The molecule has 0 atom stereocenters. The zero-order chi connectivity index (χ0) is 17.3. The predicted molar refractivity (Wildman–Crippen MR) is 95.6 cm³/mol. The molecule has 0 aliphatic heterocycles. The van der Waals surface area contributed by atoms with Gasteiger partial charge in [-0.05, 0) is 42.5 Å². The number of hydrogen-bond donors (Lipinski definition) is 3. The molecule has 3 rings (SSSR count). The molecule has 6 nitrogen and oxygen atoms in total. The van der Waals surface area contributed by atoms with E-state index >= 15 is 0 Å². The van der Waals surface area contributed by atoms with Gasteiger partial charge in [0.1, 0.15) is 0 Å². The van der Waals surface area contributed by atoms with Crippen molar-refractivity contribution in [3.8, 4) is 22.9 Å². The van der Waals surface area contributed by atoms with Crippen LogP contribution >= 0.6 is 35.4 Å². The van der Waals surface area contributed by atoms with Gasteiger partial charge in [-0.2, -0.15) is 14.9 Å². The Morgan fingerprint density at radius 3 is 2.75 bits per heavy atom. The van der Waals surface area contributed by atoms with Crippen molar-refractivity contribution in [1.29, 1.82) is 0 Å². The molecule has 0 bridgehead atoms. The summed E-state index contributed by atoms with van der Waals surface area (Å²) in [6.07, 6.45) is 1.35. The second kappa shape index (κ2) is 6.64. The van der Waals surface area contributed by atoms with Crippen molar-refractivity contribution in [2.45, 2.75) is 0 Å². The molecule has 1 heterocycles. The van der Waals surface area contributed by atoms with Gasteiger partial charge in [0.05, 0.1) is 11.2 Å². The van der Waals surface area contributed by atoms with Crippen molar-refractivity contribution in [3.05, 3.63) is 56.8 Å². The number of aromatic nitrogens is 3. The van der Waals surface area contributed by atoms with Crippen LogP contribution in [0.15, 0.2) is 41.5 Å². The maximum absolute atomic E-state index is 9.82. The minimum absolute atomic E-state index is 0.240. The highest BCUT2D eigenvalue weighted by atomic mass is 35.5. The average molecular weight is 381 g/mol. The molecular formula is C15H10Cl2N4O2S. The van der Waals surface area contributed by atoms with Crippen molar-refractivity contribution in [3.63, 3.8) is 0 Å². The lowest BCUT2D eigenvalue weighted by Crippen LogP contribution is -1.96. The van der Waals surface area contributed by atoms with Crippen molar-refractivity contribution in [2.75, 3.05) is 0 Å². The van der Waals surface area contributed by atoms with Crippen molar-refractivity contribution < 1.29 is 10.2 Å². The summed E-state index contributed by atoms with van der Waals surface area (Å²) in [5.74, 6) is -0.129. The number of aromatic hydroxyl groups is 2. The van der Waals surface area contributed by atoms with Gasteiger partial charge >= 0.3 is 0 Å². The van der Waals surface area contributed by atoms with E-state index in [1.54, 1.807) is 30.3 Å². The second-order valence-electron chi connectivity index (χ2n) is 4.75. The van der Waals surface area contributed by atoms with Crippen LogP contribution in [0.3, 0.4) is 0 Å². The lowest BCUT2D eigenvalue weighted by molar-refractivity contribution is 0.403. The minimum atomic E-state index is -0.276. The summed E-state index contributed by atoms with van der Waals surface area (Å²) in [5.41, 5.74) is 0.914. The Labute approximate surface area is 151 Å². The second-order valence-corrected chi connectivity index (χ2v) is 5.98. The molecule has 24 heavy (non-hydrogen) atoms. The van der Waals surface area contributed by atoms with Gasteiger partial charge in [0.2, 0.25) is 4.77 Å². The fourth-order valence-corrected chi connectivity index (χ4v) is 2.69. The van der Waals surface area contributed by atoms with Gasteiger partial charge in [-0.15, -0.1) is 0 Å². The summed E-state index contributed by atoms with van der Waals surface area (Å²) in [6.45, 7) is 0. The monoisotopic (exact) mass is 380 g/mol. The van der Waals surface area contributed by atoms with Crippen LogP contribution in [-0.4, -0.2) is 31.3 Å². The first kappa shape index (κ1) is 16.5. The third-order valence-electron chi connectivity index (χ3n) is 3.18. The molecular weight excluding hydrogens is 371 g/mol. The van der Waals surface area contributed by atoms with Crippen LogP contribution in [0.4, 0.5) is 0 Å². The van der Waals surface area contributed by atoms with E-state index in [-0.39, 0.29) is 16.3 Å². The molecule has 9 heteroatoms. The van der Waals surface area contributed by atoms with Gasteiger partial charge in [0.15, 0.2) is 17.3 Å². The molecule has 0 spiro atoms. The number of phenolic OH excluding ortho intramolecular Hbond substituents is 2. The Hall–Kier alpha value is -2.35. The van der Waals surface area contributed by atoms with E-state index in [4.69, 9.17) is 35.4 Å². The van der Waals surface area contributed by atoms with Crippen LogP contribution in [-0.2, 0) is 0 Å². The highest BCUT2D eigenvalue weighted by Crippen LogP contribution is 2.30. The molecule has 0 saturated carbocycles. The van der Waals surface area contributed by atoms with E-state index in [0.717, 1.165) is 0 Å². The number of rotatable bonds is 3. The maximum Gasteiger partial charge on any atom is 0.216 e. The van der Waals surface area contributed by atoms with Crippen LogP contribution in [0.2, 0.25) is 10.0 Å². The van der Waals surface area contributed by atoms with Crippen LogP contribution in [0.1, 0.15) is 5.56 Å². The first-order valence-electron chi connectivity index (χ1n) is 6.65. The number of nitrogens with one attached hydrogen (secondary N) is 1. The van der Waals surface area contributed by atoms with E-state index in [1.165, 1.54) is 17.0 Å². The summed E-state index contributed by atoms with van der Waals surface area (Å²) in [7, 11) is 0. The molecule has 0 fully saturated rings. The Morgan fingerprint density at radius 2 is 2.00 bits per heavy atom. The Kier molecular flexibility index (Phi) is 4.57. The number of hydrogen-bond acceptors (Lipinski definition) is 5. The number of aromatic amines is 1. The van der Waals surface area contributed by atoms with Crippen molar-refractivity contribution in [2.24, 2.45) is 5.10 Å². The molecule has 3 aromatic rings. The third kappa shape index (κ3) is 3.14. The SMILES string of the molecule is Oc1cccc(/C=N/n2c(-c3ccc(Cl)cc3Cl)n[nH]c2=S)c1O. The molecule has 1 aromatic heterocycles. The third-order valence-corrected chi connectivity index (χ3v) is 3.99. The summed E-state index contributed by atoms with van der Waals surface area (Å²) in [6, 6.07) is 9.52. The highest BCUT2D eigenvalue weighted by molar-refractivity contribution is 7.71. The number of phenols is 2. The number of halogens is 2. The summed E-state index contributed by atoms with van der Waals surface area (Å²) in [5, 5.41) is 31.2. The van der Waals surface area contributed by atoms with Crippen LogP contribution < -0.4 is 0 Å². The zero-order valence-electron chi connectivity index (χ0n) is 11.9. The Balaban J connectivity index is 2.07. The normalized spacial score (nSPS) is 11.2. The number of para-hydroxylation sites is 1. The van der Waals surface area contributed by atoms with E-state index in [0.29, 0.717) is 27.0 Å². The molecule has 0 aliphatic rings. The van der Waals surface area contributed by atoms with Crippen molar-refractivity contribution in [1.82, 2.24) is 14.9 Å². The highest BCUT2D eigenvalue weighted by Gasteiger charge is 2.12. The smallest absolute Gasteiger partial charge is 0.216 e. The lowest BCUT2D eigenvalue weighted by atomic mass is 10.2. The van der Waals surface area contributed by atoms with Crippen LogP contribution in [0.5, 0.6) is 11.5 Å². The predicted octanol–water partition coefficient (Wildman–Crippen LogP) is 4.21. The molecule has 2 aromatic carbocycles. The molecule has 0 aliphatic carbocycles. The van der Waals surface area contributed by atoms with Gasteiger partial charge in [-0.1, -0.05) is 29.3 Å². The van der Waals surface area contributed by atoms with E-state index in [9.17, 15) is 10.2 Å². The van der Waals surface area contributed by atoms with E-state index in [2.05, 4.69) is 15.3 Å². The maximum atomic E-state index is 9.82. The summed E-state index contributed by atoms with van der Waals surface area (Å²) >= 11 is 17.3. The molecule has 0 unspecified atom stereocenters. The standard InChI is InChI=1S/C15H10Cl2N4O2S/c16-9-4-5-10(11(17)6-9)14-19-20-15(24)21(14)18-7-8-2-1-3-12(22)13(8)23/h1-7,22-23H,(H,20,24)/b18-7+. The van der Waals surface area contributed by atoms with Crippen LogP contribution in [0, 0.1) is 4.77 Å². The number of H-pyrrole nitrogens is 1. The quantitative estimate of drug-likeness (QED) is 0.360. The lowest BCUT2D eigenvalue weighted by Gasteiger charge is -2.04. The molecule has 0 saturated heterocycles. The van der Waals surface area contributed by atoms with Gasteiger partial charge in [0, 0.05) is 16.1 Å². The molecule has 122 valence electrons. The van der Waals surface area contributed by atoms with E-state index < -0.39 is 0 Å². The fourth-order valence-electron chi connectivity index (χ4n) is 2.02. The first-order valence-corrected chi connectivity index (χ1v) is 7.82. The van der Waals surface area contributed by atoms with Gasteiger partial charge in [0.25, 0.3) is 0 Å². The van der Waals surface area contributed by atoms with Gasteiger partial charge < -0.3 is 10.2 Å². The largest absolute Gasteiger partial charge is 0.504 e. The van der Waals surface area contributed by atoms with Gasteiger partial charge in [-0.3, -0.25) is 0 Å². The van der Waals surface area contributed by atoms with Crippen molar-refractivity contribution >= 4 is 41.6 Å². The fraction of sp³-hybridized carbons (Fsp3) is 0. The first-order chi connectivity index (χ1) is 11.5. The Bertz CT molecular complexity index is 997. The minimum Gasteiger partial charge on any atom is -0.504 e. The summed E-state index contributed by atoms with van der Waals surface area (Å²) in [4.78, 5) is 0. The molecule has 0 radical (unpaired) electrons. The molecule has 0 amide bonds.